The van der Waals surface area contributed by atoms with E-state index in [-0.39, 0.29) is 23.9 Å². The molecule has 2 aromatic rings. The molecule has 0 radical (unpaired) electrons. The highest BCUT2D eigenvalue weighted by Crippen LogP contribution is 2.31. The minimum atomic E-state index is -0.352. The number of nitrogens with zero attached hydrogens (tertiary/aromatic N) is 1. The molecular formula is C15H12ClN3O2. The predicted octanol–water partition coefficient (Wildman–Crippen LogP) is 2.52. The average molecular weight is 302 g/mol. The van der Waals surface area contributed by atoms with Crippen LogP contribution >= 0.6 is 11.6 Å². The Kier molecular flexibility index (Phi) is 3.27. The van der Waals surface area contributed by atoms with Crippen LogP contribution in [0, 0.1) is 0 Å². The third kappa shape index (κ3) is 2.43. The molecule has 0 fully saturated rings. The number of carbonyl (C=O) groups is 2. The standard InChI is InChI=1S/C15H12ClN3O2/c16-11-6-5-9(17)7-10(11)15(21)19-8-14(20)18-12-3-1-2-4-13(12)19/h1-7H,8,17H2,(H,18,20). The quantitative estimate of drug-likeness (QED) is 0.795. The molecule has 3 N–H and O–H groups in total. The molecule has 0 aromatic heterocycles. The van der Waals surface area contributed by atoms with E-state index in [0.717, 1.165) is 0 Å². The number of halogens is 1. The topological polar surface area (TPSA) is 75.4 Å². The van der Waals surface area contributed by atoms with E-state index >= 15 is 0 Å². The number of anilines is 3. The number of benzene rings is 2. The molecule has 0 saturated carbocycles. The lowest BCUT2D eigenvalue weighted by molar-refractivity contribution is -0.115. The largest absolute Gasteiger partial charge is 0.399 e. The van der Waals surface area contributed by atoms with E-state index in [1.807, 2.05) is 0 Å². The van der Waals surface area contributed by atoms with Crippen molar-refractivity contribution in [3.8, 4) is 0 Å². The Morgan fingerprint density at radius 2 is 2.00 bits per heavy atom. The smallest absolute Gasteiger partial charge is 0.260 e. The minimum Gasteiger partial charge on any atom is -0.399 e. The second-order valence-electron chi connectivity index (χ2n) is 4.70. The van der Waals surface area contributed by atoms with Crippen molar-refractivity contribution in [2.45, 2.75) is 0 Å². The zero-order chi connectivity index (χ0) is 15.0. The van der Waals surface area contributed by atoms with Crippen LogP contribution < -0.4 is 16.0 Å². The summed E-state index contributed by atoms with van der Waals surface area (Å²) < 4.78 is 0. The van der Waals surface area contributed by atoms with Crippen molar-refractivity contribution in [2.24, 2.45) is 0 Å². The fraction of sp³-hybridized carbons (Fsp3) is 0.0667. The molecule has 2 aromatic carbocycles. The Balaban J connectivity index is 2.06. The Morgan fingerprint density at radius 1 is 1.24 bits per heavy atom. The maximum Gasteiger partial charge on any atom is 0.260 e. The first-order valence-electron chi connectivity index (χ1n) is 6.32. The zero-order valence-corrected chi connectivity index (χ0v) is 11.7. The van der Waals surface area contributed by atoms with Gasteiger partial charge in [-0.3, -0.25) is 14.5 Å². The Hall–Kier alpha value is -2.53. The van der Waals surface area contributed by atoms with Crippen LogP contribution in [-0.2, 0) is 4.79 Å². The van der Waals surface area contributed by atoms with Crippen molar-refractivity contribution < 1.29 is 9.59 Å². The molecule has 0 atom stereocenters. The van der Waals surface area contributed by atoms with Gasteiger partial charge in [-0.1, -0.05) is 23.7 Å². The van der Waals surface area contributed by atoms with Gasteiger partial charge in [-0.05, 0) is 30.3 Å². The number of nitrogens with one attached hydrogen (secondary N) is 1. The molecule has 2 amide bonds. The van der Waals surface area contributed by atoms with Gasteiger partial charge >= 0.3 is 0 Å². The van der Waals surface area contributed by atoms with Gasteiger partial charge in [-0.25, -0.2) is 0 Å². The van der Waals surface area contributed by atoms with Crippen LogP contribution in [0.15, 0.2) is 42.5 Å². The normalized spacial score (nSPS) is 13.6. The fourth-order valence-electron chi connectivity index (χ4n) is 2.27. The third-order valence-electron chi connectivity index (χ3n) is 3.24. The van der Waals surface area contributed by atoms with E-state index in [1.165, 1.54) is 11.0 Å². The van der Waals surface area contributed by atoms with Crippen LogP contribution in [0.4, 0.5) is 17.1 Å². The molecule has 0 unspecified atom stereocenters. The van der Waals surface area contributed by atoms with Crippen LogP contribution in [0.3, 0.4) is 0 Å². The SMILES string of the molecule is Nc1ccc(Cl)c(C(=O)N2CC(=O)Nc3ccccc32)c1. The second-order valence-corrected chi connectivity index (χ2v) is 5.10. The van der Waals surface area contributed by atoms with Gasteiger partial charge in [0.2, 0.25) is 5.91 Å². The van der Waals surface area contributed by atoms with Crippen molar-refractivity contribution in [3.63, 3.8) is 0 Å². The third-order valence-corrected chi connectivity index (χ3v) is 3.57. The van der Waals surface area contributed by atoms with Gasteiger partial charge in [0.25, 0.3) is 5.91 Å². The average Bonchev–Trinajstić information content (AvgIpc) is 2.48. The van der Waals surface area contributed by atoms with E-state index in [0.29, 0.717) is 22.1 Å². The van der Waals surface area contributed by atoms with Crippen LogP contribution in [0.25, 0.3) is 0 Å². The van der Waals surface area contributed by atoms with E-state index in [2.05, 4.69) is 5.32 Å². The first-order valence-corrected chi connectivity index (χ1v) is 6.70. The first kappa shape index (κ1) is 13.5. The van der Waals surface area contributed by atoms with Crippen LogP contribution in [0.2, 0.25) is 5.02 Å². The molecule has 1 aliphatic heterocycles. The van der Waals surface area contributed by atoms with Gasteiger partial charge in [0.05, 0.1) is 22.0 Å². The first-order chi connectivity index (χ1) is 10.1. The molecule has 0 saturated heterocycles. The number of carbonyl (C=O) groups excluding carboxylic acids is 2. The van der Waals surface area contributed by atoms with E-state index in [9.17, 15) is 9.59 Å². The zero-order valence-electron chi connectivity index (χ0n) is 11.0. The van der Waals surface area contributed by atoms with Crippen molar-refractivity contribution in [1.29, 1.82) is 0 Å². The molecule has 1 heterocycles. The number of amides is 2. The molecule has 0 bridgehead atoms. The number of rotatable bonds is 1. The van der Waals surface area contributed by atoms with Gasteiger partial charge in [0.1, 0.15) is 6.54 Å². The van der Waals surface area contributed by atoms with Gasteiger partial charge in [0, 0.05) is 5.69 Å². The summed E-state index contributed by atoms with van der Waals surface area (Å²) in [7, 11) is 0. The molecule has 5 nitrogen and oxygen atoms in total. The molecule has 21 heavy (non-hydrogen) atoms. The molecular weight excluding hydrogens is 290 g/mol. The Morgan fingerprint density at radius 3 is 2.81 bits per heavy atom. The monoisotopic (exact) mass is 301 g/mol. The fourth-order valence-corrected chi connectivity index (χ4v) is 2.46. The molecule has 0 aliphatic carbocycles. The summed E-state index contributed by atoms with van der Waals surface area (Å²) in [6.07, 6.45) is 0. The minimum absolute atomic E-state index is 0.0546. The van der Waals surface area contributed by atoms with Crippen molar-refractivity contribution in [3.05, 3.63) is 53.1 Å². The van der Waals surface area contributed by atoms with Crippen molar-refractivity contribution >= 4 is 40.5 Å². The lowest BCUT2D eigenvalue weighted by Crippen LogP contribution is -2.42. The van der Waals surface area contributed by atoms with Crippen LogP contribution in [0.5, 0.6) is 0 Å². The van der Waals surface area contributed by atoms with Crippen molar-refractivity contribution in [1.82, 2.24) is 0 Å². The van der Waals surface area contributed by atoms with Crippen molar-refractivity contribution in [2.75, 3.05) is 22.5 Å². The summed E-state index contributed by atoms with van der Waals surface area (Å²) in [6.45, 7) is -0.0546. The highest BCUT2D eigenvalue weighted by Gasteiger charge is 2.28. The molecule has 6 heteroatoms. The maximum atomic E-state index is 12.7. The Labute approximate surface area is 126 Å². The maximum absolute atomic E-state index is 12.7. The molecule has 106 valence electrons. The van der Waals surface area contributed by atoms with E-state index in [4.69, 9.17) is 17.3 Å². The number of fused-ring (bicyclic) bond motifs is 1. The number of para-hydroxylation sites is 2. The van der Waals surface area contributed by atoms with Crippen LogP contribution in [-0.4, -0.2) is 18.4 Å². The Bertz CT molecular complexity index is 745. The number of nitrogen functional groups attached to an aromatic ring is 1. The van der Waals surface area contributed by atoms with E-state index in [1.54, 1.807) is 36.4 Å². The van der Waals surface area contributed by atoms with Gasteiger partial charge in [0.15, 0.2) is 0 Å². The summed E-state index contributed by atoms with van der Waals surface area (Å²) >= 11 is 6.07. The number of nitrogens with two attached hydrogens (primary N) is 1. The summed E-state index contributed by atoms with van der Waals surface area (Å²) in [4.78, 5) is 25.8. The predicted molar refractivity (Wildman–Crippen MR) is 82.6 cm³/mol. The lowest BCUT2D eigenvalue weighted by Gasteiger charge is -2.29. The van der Waals surface area contributed by atoms with Gasteiger partial charge in [-0.15, -0.1) is 0 Å². The van der Waals surface area contributed by atoms with Crippen LogP contribution in [0.1, 0.15) is 10.4 Å². The lowest BCUT2D eigenvalue weighted by atomic mass is 10.1. The van der Waals surface area contributed by atoms with Gasteiger partial charge < -0.3 is 11.1 Å². The van der Waals surface area contributed by atoms with E-state index < -0.39 is 0 Å². The summed E-state index contributed by atoms with van der Waals surface area (Å²) in [5.74, 6) is -0.600. The summed E-state index contributed by atoms with van der Waals surface area (Å²) in [6, 6.07) is 11.8. The van der Waals surface area contributed by atoms with Gasteiger partial charge in [-0.2, -0.15) is 0 Å². The second kappa shape index (κ2) is 5.10. The highest BCUT2D eigenvalue weighted by molar-refractivity contribution is 6.35. The highest BCUT2D eigenvalue weighted by atomic mass is 35.5. The summed E-state index contributed by atoms with van der Waals surface area (Å²) in [5.41, 5.74) is 7.67. The number of hydrogen-bond acceptors (Lipinski definition) is 3. The number of hydrogen-bond donors (Lipinski definition) is 2. The molecule has 3 rings (SSSR count). The summed E-state index contributed by atoms with van der Waals surface area (Å²) in [5, 5.41) is 3.04. The molecule has 0 spiro atoms. The molecule has 1 aliphatic rings.